The summed E-state index contributed by atoms with van der Waals surface area (Å²) in [5, 5.41) is 6.01. The van der Waals surface area contributed by atoms with Crippen molar-refractivity contribution in [2.45, 2.75) is 44.1 Å². The van der Waals surface area contributed by atoms with Crippen LogP contribution in [-0.4, -0.2) is 11.8 Å². The van der Waals surface area contributed by atoms with Crippen LogP contribution in [-0.2, 0) is 9.59 Å². The van der Waals surface area contributed by atoms with Gasteiger partial charge in [-0.15, -0.1) is 0 Å². The monoisotopic (exact) mass is 366 g/mol. The van der Waals surface area contributed by atoms with Crippen LogP contribution in [0.15, 0.2) is 48.5 Å². The summed E-state index contributed by atoms with van der Waals surface area (Å²) in [6, 6.07) is 13.7. The van der Waals surface area contributed by atoms with E-state index >= 15 is 0 Å². The minimum absolute atomic E-state index is 0.140. The van der Waals surface area contributed by atoms with E-state index in [1.807, 2.05) is 24.3 Å². The van der Waals surface area contributed by atoms with E-state index in [0.717, 1.165) is 36.8 Å². The van der Waals surface area contributed by atoms with Crippen LogP contribution in [0, 0.1) is 11.7 Å². The lowest BCUT2D eigenvalue weighted by Crippen LogP contribution is -2.39. The molecule has 2 amide bonds. The van der Waals surface area contributed by atoms with Crippen molar-refractivity contribution in [3.8, 4) is 0 Å². The first-order valence-corrected chi connectivity index (χ1v) is 9.56. The van der Waals surface area contributed by atoms with Gasteiger partial charge in [-0.05, 0) is 48.1 Å². The number of rotatable bonds is 4. The standard InChI is InChI=1S/C22H23FN2O2/c23-16-11-9-15(10-12-16)21(14-5-1-2-6-14)25-22(27)18-13-20(26)24-19-8-4-3-7-17(18)19/h3-4,7-12,14,18,21H,1-2,5-6,13H2,(H,24,26)(H,25,27). The van der Waals surface area contributed by atoms with Gasteiger partial charge in [-0.3, -0.25) is 9.59 Å². The molecule has 0 aromatic heterocycles. The Balaban J connectivity index is 1.60. The van der Waals surface area contributed by atoms with Crippen LogP contribution < -0.4 is 10.6 Å². The maximum absolute atomic E-state index is 13.4. The molecule has 27 heavy (non-hydrogen) atoms. The zero-order valence-corrected chi connectivity index (χ0v) is 15.1. The normalized spacial score (nSPS) is 20.6. The number of hydrogen-bond acceptors (Lipinski definition) is 2. The van der Waals surface area contributed by atoms with Gasteiger partial charge in [-0.2, -0.15) is 0 Å². The van der Waals surface area contributed by atoms with Gasteiger partial charge in [-0.1, -0.05) is 43.2 Å². The van der Waals surface area contributed by atoms with Crippen LogP contribution in [0.3, 0.4) is 0 Å². The quantitative estimate of drug-likeness (QED) is 0.848. The third-order valence-corrected chi connectivity index (χ3v) is 5.71. The Labute approximate surface area is 158 Å². The van der Waals surface area contributed by atoms with Crippen LogP contribution in [0.4, 0.5) is 10.1 Å². The second-order valence-corrected chi connectivity index (χ2v) is 7.47. The molecule has 0 spiro atoms. The molecule has 2 atom stereocenters. The van der Waals surface area contributed by atoms with E-state index in [9.17, 15) is 14.0 Å². The van der Waals surface area contributed by atoms with Crippen molar-refractivity contribution in [2.75, 3.05) is 5.32 Å². The molecule has 1 saturated carbocycles. The van der Waals surface area contributed by atoms with E-state index < -0.39 is 5.92 Å². The number of halogens is 1. The Bertz CT molecular complexity index is 844. The number of carbonyl (C=O) groups excluding carboxylic acids is 2. The highest BCUT2D eigenvalue weighted by Gasteiger charge is 2.34. The molecule has 1 fully saturated rings. The highest BCUT2D eigenvalue weighted by molar-refractivity contribution is 6.01. The fraction of sp³-hybridized carbons (Fsp3) is 0.364. The molecule has 1 aliphatic heterocycles. The number of anilines is 1. The average Bonchev–Trinajstić information content (AvgIpc) is 3.20. The van der Waals surface area contributed by atoms with Crippen LogP contribution in [0.2, 0.25) is 0 Å². The summed E-state index contributed by atoms with van der Waals surface area (Å²) in [5.74, 6) is -0.730. The Hall–Kier alpha value is -2.69. The van der Waals surface area contributed by atoms with Gasteiger partial charge in [-0.25, -0.2) is 4.39 Å². The number of carbonyl (C=O) groups is 2. The van der Waals surface area contributed by atoms with Gasteiger partial charge in [0, 0.05) is 12.1 Å². The van der Waals surface area contributed by atoms with Gasteiger partial charge >= 0.3 is 0 Å². The summed E-state index contributed by atoms with van der Waals surface area (Å²) >= 11 is 0. The highest BCUT2D eigenvalue weighted by atomic mass is 19.1. The third-order valence-electron chi connectivity index (χ3n) is 5.71. The second kappa shape index (κ2) is 7.51. The molecule has 5 heteroatoms. The Morgan fingerprint density at radius 1 is 1.07 bits per heavy atom. The molecule has 4 nitrogen and oxygen atoms in total. The number of hydrogen-bond donors (Lipinski definition) is 2. The highest BCUT2D eigenvalue weighted by Crippen LogP contribution is 2.38. The molecule has 0 saturated heterocycles. The smallest absolute Gasteiger partial charge is 0.228 e. The first kappa shape index (κ1) is 17.7. The van der Waals surface area contributed by atoms with Crippen molar-refractivity contribution in [1.29, 1.82) is 0 Å². The molecule has 2 aromatic rings. The SMILES string of the molecule is O=C1CC(C(=O)NC(c2ccc(F)cc2)C2CCCC2)c2ccccc2N1. The predicted molar refractivity (Wildman–Crippen MR) is 102 cm³/mol. The minimum Gasteiger partial charge on any atom is -0.348 e. The summed E-state index contributed by atoms with van der Waals surface area (Å²) in [6.45, 7) is 0. The molecule has 4 rings (SSSR count). The molecule has 2 aliphatic rings. The van der Waals surface area contributed by atoms with Gasteiger partial charge < -0.3 is 10.6 Å². The van der Waals surface area contributed by atoms with E-state index in [2.05, 4.69) is 10.6 Å². The van der Waals surface area contributed by atoms with Crippen LogP contribution in [0.25, 0.3) is 0 Å². The molecule has 1 heterocycles. The lowest BCUT2D eigenvalue weighted by molar-refractivity contribution is -0.127. The maximum Gasteiger partial charge on any atom is 0.228 e. The first-order valence-electron chi connectivity index (χ1n) is 9.56. The van der Waals surface area contributed by atoms with Crippen molar-refractivity contribution >= 4 is 17.5 Å². The van der Waals surface area contributed by atoms with Crippen LogP contribution >= 0.6 is 0 Å². The van der Waals surface area contributed by atoms with Gasteiger partial charge in [0.05, 0.1) is 12.0 Å². The van der Waals surface area contributed by atoms with Crippen molar-refractivity contribution in [3.05, 3.63) is 65.5 Å². The number of para-hydroxylation sites is 1. The van der Waals surface area contributed by atoms with Crippen molar-refractivity contribution in [3.63, 3.8) is 0 Å². The van der Waals surface area contributed by atoms with Crippen molar-refractivity contribution < 1.29 is 14.0 Å². The van der Waals surface area contributed by atoms with Gasteiger partial charge in [0.25, 0.3) is 0 Å². The average molecular weight is 366 g/mol. The van der Waals surface area contributed by atoms with Crippen LogP contribution in [0.1, 0.15) is 55.2 Å². The lowest BCUT2D eigenvalue weighted by atomic mass is 9.87. The number of amides is 2. The lowest BCUT2D eigenvalue weighted by Gasteiger charge is -2.30. The third kappa shape index (κ3) is 3.72. The first-order chi connectivity index (χ1) is 13.1. The fourth-order valence-corrected chi connectivity index (χ4v) is 4.33. The van der Waals surface area contributed by atoms with Crippen molar-refractivity contribution in [2.24, 2.45) is 5.92 Å². The zero-order chi connectivity index (χ0) is 18.8. The van der Waals surface area contributed by atoms with Gasteiger partial charge in [0.15, 0.2) is 0 Å². The number of fused-ring (bicyclic) bond motifs is 1. The summed E-state index contributed by atoms with van der Waals surface area (Å²) in [4.78, 5) is 25.2. The maximum atomic E-state index is 13.4. The Kier molecular flexibility index (Phi) is 4.92. The second-order valence-electron chi connectivity index (χ2n) is 7.47. The van der Waals surface area contributed by atoms with E-state index in [1.54, 1.807) is 12.1 Å². The van der Waals surface area contributed by atoms with Crippen LogP contribution in [0.5, 0.6) is 0 Å². The molecule has 0 radical (unpaired) electrons. The molecular formula is C22H23FN2O2. The van der Waals surface area contributed by atoms with E-state index in [1.165, 1.54) is 12.1 Å². The van der Waals surface area contributed by atoms with E-state index in [0.29, 0.717) is 11.6 Å². The molecule has 1 aliphatic carbocycles. The minimum atomic E-state index is -0.501. The number of nitrogens with one attached hydrogen (secondary N) is 2. The summed E-state index contributed by atoms with van der Waals surface area (Å²) < 4.78 is 13.4. The number of benzene rings is 2. The Morgan fingerprint density at radius 2 is 1.78 bits per heavy atom. The fourth-order valence-electron chi connectivity index (χ4n) is 4.33. The summed E-state index contributed by atoms with van der Waals surface area (Å²) in [7, 11) is 0. The molecular weight excluding hydrogens is 343 g/mol. The van der Waals surface area contributed by atoms with Gasteiger partial charge in [0.2, 0.25) is 11.8 Å². The Morgan fingerprint density at radius 3 is 2.52 bits per heavy atom. The molecule has 2 aromatic carbocycles. The predicted octanol–water partition coefficient (Wildman–Crippen LogP) is 4.30. The van der Waals surface area contributed by atoms with Crippen molar-refractivity contribution in [1.82, 2.24) is 5.32 Å². The van der Waals surface area contributed by atoms with E-state index in [-0.39, 0.29) is 30.1 Å². The molecule has 2 N–H and O–H groups in total. The largest absolute Gasteiger partial charge is 0.348 e. The zero-order valence-electron chi connectivity index (χ0n) is 15.1. The van der Waals surface area contributed by atoms with E-state index in [4.69, 9.17) is 0 Å². The molecule has 140 valence electrons. The topological polar surface area (TPSA) is 58.2 Å². The summed E-state index contributed by atoms with van der Waals surface area (Å²) in [5.41, 5.74) is 2.47. The van der Waals surface area contributed by atoms with Gasteiger partial charge in [0.1, 0.15) is 5.82 Å². The summed E-state index contributed by atoms with van der Waals surface area (Å²) in [6.07, 6.45) is 4.53. The molecule has 0 bridgehead atoms. The molecule has 2 unspecified atom stereocenters.